The van der Waals surface area contributed by atoms with Crippen LogP contribution in [-0.2, 0) is 11.3 Å². The third-order valence-corrected chi connectivity index (χ3v) is 2.15. The summed E-state index contributed by atoms with van der Waals surface area (Å²) in [6, 6.07) is 7.63. The molecule has 0 bridgehead atoms. The second kappa shape index (κ2) is 6.38. The number of rotatable bonds is 5. The van der Waals surface area contributed by atoms with Crippen LogP contribution in [0.25, 0.3) is 0 Å². The zero-order valence-electron chi connectivity index (χ0n) is 9.50. The van der Waals surface area contributed by atoms with Gasteiger partial charge in [0.1, 0.15) is 11.6 Å². The minimum Gasteiger partial charge on any atom is -0.491 e. The molecule has 0 aliphatic heterocycles. The van der Waals surface area contributed by atoms with E-state index < -0.39 is 0 Å². The highest BCUT2D eigenvalue weighted by atomic mass is 35.5. The number of ether oxygens (including phenoxy) is 1. The monoisotopic (exact) mass is 241 g/mol. The van der Waals surface area contributed by atoms with Gasteiger partial charge in [-0.05, 0) is 31.5 Å². The fraction of sp³-hybridized carbons (Fsp3) is 0.417. The molecule has 0 atom stereocenters. The molecule has 1 aromatic carbocycles. The van der Waals surface area contributed by atoms with Gasteiger partial charge in [-0.2, -0.15) is 0 Å². The van der Waals surface area contributed by atoms with Crippen LogP contribution >= 0.6 is 11.6 Å². The molecule has 0 aromatic heterocycles. The van der Waals surface area contributed by atoms with E-state index in [0.29, 0.717) is 6.54 Å². The topological polar surface area (TPSA) is 38.3 Å². The second-order valence-corrected chi connectivity index (χ2v) is 3.99. The second-order valence-electron chi connectivity index (χ2n) is 3.72. The fourth-order valence-electron chi connectivity index (χ4n) is 1.21. The van der Waals surface area contributed by atoms with Crippen molar-refractivity contribution in [2.75, 3.05) is 5.88 Å². The Bertz CT molecular complexity index is 335. The SMILES string of the molecule is CC(C)Oc1ccc(CNC(=O)CCl)cc1. The average molecular weight is 242 g/mol. The maximum atomic E-state index is 10.9. The van der Waals surface area contributed by atoms with Crippen molar-refractivity contribution in [1.82, 2.24) is 5.32 Å². The summed E-state index contributed by atoms with van der Waals surface area (Å²) in [5.74, 6) is 0.667. The van der Waals surface area contributed by atoms with Gasteiger partial charge in [-0.3, -0.25) is 4.79 Å². The fourth-order valence-corrected chi connectivity index (χ4v) is 1.30. The van der Waals surface area contributed by atoms with Crippen molar-refractivity contribution < 1.29 is 9.53 Å². The lowest BCUT2D eigenvalue weighted by Crippen LogP contribution is -2.23. The molecule has 1 amide bonds. The van der Waals surface area contributed by atoms with E-state index in [1.165, 1.54) is 0 Å². The van der Waals surface area contributed by atoms with Gasteiger partial charge < -0.3 is 10.1 Å². The Balaban J connectivity index is 2.48. The standard InChI is InChI=1S/C12H16ClNO2/c1-9(2)16-11-5-3-10(4-6-11)8-14-12(15)7-13/h3-6,9H,7-8H2,1-2H3,(H,14,15). The minimum atomic E-state index is -0.163. The molecule has 0 heterocycles. The molecule has 1 N–H and O–H groups in total. The molecule has 16 heavy (non-hydrogen) atoms. The molecular weight excluding hydrogens is 226 g/mol. The Morgan fingerprint density at radius 2 is 2.00 bits per heavy atom. The first-order valence-electron chi connectivity index (χ1n) is 5.20. The third kappa shape index (κ3) is 4.53. The summed E-state index contributed by atoms with van der Waals surface area (Å²) < 4.78 is 5.51. The van der Waals surface area contributed by atoms with Gasteiger partial charge in [0.25, 0.3) is 0 Å². The quantitative estimate of drug-likeness (QED) is 0.804. The van der Waals surface area contributed by atoms with E-state index in [2.05, 4.69) is 5.32 Å². The lowest BCUT2D eigenvalue weighted by molar-refractivity contribution is -0.118. The van der Waals surface area contributed by atoms with E-state index in [4.69, 9.17) is 16.3 Å². The molecule has 0 saturated heterocycles. The van der Waals surface area contributed by atoms with Crippen molar-refractivity contribution in [3.05, 3.63) is 29.8 Å². The molecule has 1 rings (SSSR count). The zero-order valence-corrected chi connectivity index (χ0v) is 10.3. The predicted octanol–water partition coefficient (Wildman–Crippen LogP) is 2.33. The normalized spacial score (nSPS) is 10.2. The highest BCUT2D eigenvalue weighted by Gasteiger charge is 2.00. The van der Waals surface area contributed by atoms with E-state index in [0.717, 1.165) is 11.3 Å². The summed E-state index contributed by atoms with van der Waals surface area (Å²) in [5.41, 5.74) is 1.02. The summed E-state index contributed by atoms with van der Waals surface area (Å²) in [7, 11) is 0. The van der Waals surface area contributed by atoms with E-state index in [1.807, 2.05) is 38.1 Å². The van der Waals surface area contributed by atoms with Crippen LogP contribution in [0.4, 0.5) is 0 Å². The molecule has 0 aliphatic carbocycles. The molecule has 0 fully saturated rings. The van der Waals surface area contributed by atoms with Gasteiger partial charge >= 0.3 is 0 Å². The molecule has 0 aliphatic rings. The van der Waals surface area contributed by atoms with Gasteiger partial charge in [0.15, 0.2) is 0 Å². The predicted molar refractivity (Wildman–Crippen MR) is 64.8 cm³/mol. The average Bonchev–Trinajstić information content (AvgIpc) is 2.27. The van der Waals surface area contributed by atoms with E-state index in [-0.39, 0.29) is 17.9 Å². The summed E-state index contributed by atoms with van der Waals surface area (Å²) in [5, 5.41) is 2.70. The Morgan fingerprint density at radius 3 is 2.50 bits per heavy atom. The van der Waals surface area contributed by atoms with Crippen LogP contribution < -0.4 is 10.1 Å². The maximum absolute atomic E-state index is 10.9. The molecule has 88 valence electrons. The van der Waals surface area contributed by atoms with Gasteiger partial charge in [-0.15, -0.1) is 11.6 Å². The van der Waals surface area contributed by atoms with Crippen molar-refractivity contribution in [3.63, 3.8) is 0 Å². The smallest absolute Gasteiger partial charge is 0.235 e. The molecule has 0 radical (unpaired) electrons. The first kappa shape index (κ1) is 12.8. The zero-order chi connectivity index (χ0) is 12.0. The summed E-state index contributed by atoms with van der Waals surface area (Å²) in [6.45, 7) is 4.46. The lowest BCUT2D eigenvalue weighted by Gasteiger charge is -2.10. The highest BCUT2D eigenvalue weighted by Crippen LogP contribution is 2.13. The van der Waals surface area contributed by atoms with Crippen LogP contribution in [0, 0.1) is 0 Å². The molecule has 4 heteroatoms. The largest absolute Gasteiger partial charge is 0.491 e. The molecule has 3 nitrogen and oxygen atoms in total. The number of carbonyl (C=O) groups excluding carboxylic acids is 1. The number of amides is 1. The van der Waals surface area contributed by atoms with Crippen molar-refractivity contribution >= 4 is 17.5 Å². The Hall–Kier alpha value is -1.22. The first-order valence-corrected chi connectivity index (χ1v) is 5.73. The Morgan fingerprint density at radius 1 is 1.38 bits per heavy atom. The van der Waals surface area contributed by atoms with Crippen molar-refractivity contribution in [2.24, 2.45) is 0 Å². The summed E-state index contributed by atoms with van der Waals surface area (Å²) in [6.07, 6.45) is 0.168. The van der Waals surface area contributed by atoms with E-state index in [9.17, 15) is 4.79 Å². The van der Waals surface area contributed by atoms with Crippen LogP contribution in [-0.4, -0.2) is 17.9 Å². The van der Waals surface area contributed by atoms with Crippen LogP contribution in [0.2, 0.25) is 0 Å². The third-order valence-electron chi connectivity index (χ3n) is 1.91. The van der Waals surface area contributed by atoms with Gasteiger partial charge in [-0.1, -0.05) is 12.1 Å². The first-order chi connectivity index (χ1) is 7.61. The van der Waals surface area contributed by atoms with Gasteiger partial charge in [0.2, 0.25) is 5.91 Å². The highest BCUT2D eigenvalue weighted by molar-refractivity contribution is 6.27. The summed E-state index contributed by atoms with van der Waals surface area (Å²) in [4.78, 5) is 10.9. The van der Waals surface area contributed by atoms with Crippen LogP contribution in [0.15, 0.2) is 24.3 Å². The number of hydrogen-bond acceptors (Lipinski definition) is 2. The minimum absolute atomic E-state index is 0.00541. The Kier molecular flexibility index (Phi) is 5.12. The van der Waals surface area contributed by atoms with Crippen LogP contribution in [0.1, 0.15) is 19.4 Å². The molecule has 0 saturated carbocycles. The van der Waals surface area contributed by atoms with Crippen molar-refractivity contribution in [2.45, 2.75) is 26.5 Å². The molecule has 0 spiro atoms. The van der Waals surface area contributed by atoms with Crippen molar-refractivity contribution in [1.29, 1.82) is 0 Å². The Labute approximate surface area is 101 Å². The van der Waals surface area contributed by atoms with Gasteiger partial charge in [-0.25, -0.2) is 0 Å². The lowest BCUT2D eigenvalue weighted by atomic mass is 10.2. The number of benzene rings is 1. The van der Waals surface area contributed by atoms with Crippen molar-refractivity contribution in [3.8, 4) is 5.75 Å². The van der Waals surface area contributed by atoms with Gasteiger partial charge in [0, 0.05) is 6.54 Å². The molecule has 1 aromatic rings. The number of hydrogen-bond donors (Lipinski definition) is 1. The molecule has 0 unspecified atom stereocenters. The number of alkyl halides is 1. The number of nitrogens with one attached hydrogen (secondary N) is 1. The van der Waals surface area contributed by atoms with Crippen LogP contribution in [0.5, 0.6) is 5.75 Å². The summed E-state index contributed by atoms with van der Waals surface area (Å²) >= 11 is 5.37. The maximum Gasteiger partial charge on any atom is 0.235 e. The van der Waals surface area contributed by atoms with Crippen LogP contribution in [0.3, 0.4) is 0 Å². The van der Waals surface area contributed by atoms with E-state index in [1.54, 1.807) is 0 Å². The number of halogens is 1. The van der Waals surface area contributed by atoms with E-state index >= 15 is 0 Å². The van der Waals surface area contributed by atoms with Gasteiger partial charge in [0.05, 0.1) is 6.10 Å². The molecular formula is C12H16ClNO2. The number of carbonyl (C=O) groups is 1.